The number of nitrogens with one attached hydrogen (secondary N) is 1. The third kappa shape index (κ3) is 4.27. The SMILES string of the molecule is Cc1cc(Br)cc(C=Nc2ccc(NC(N)=S)cc2)c1O. The van der Waals surface area contributed by atoms with Crippen molar-refractivity contribution in [2.45, 2.75) is 6.92 Å². The van der Waals surface area contributed by atoms with Gasteiger partial charge in [0.25, 0.3) is 0 Å². The Morgan fingerprint density at radius 3 is 2.62 bits per heavy atom. The van der Waals surface area contributed by atoms with Gasteiger partial charge in [-0.1, -0.05) is 15.9 Å². The van der Waals surface area contributed by atoms with E-state index in [0.717, 1.165) is 21.4 Å². The van der Waals surface area contributed by atoms with Gasteiger partial charge in [0.2, 0.25) is 0 Å². The summed E-state index contributed by atoms with van der Waals surface area (Å²) in [5, 5.41) is 13.1. The molecule has 2 rings (SSSR count). The van der Waals surface area contributed by atoms with Gasteiger partial charge in [-0.25, -0.2) is 0 Å². The van der Waals surface area contributed by atoms with Gasteiger partial charge in [-0.2, -0.15) is 0 Å². The maximum atomic E-state index is 9.99. The van der Waals surface area contributed by atoms with Gasteiger partial charge in [-0.3, -0.25) is 4.99 Å². The highest BCUT2D eigenvalue weighted by Crippen LogP contribution is 2.26. The van der Waals surface area contributed by atoms with Crippen molar-refractivity contribution < 1.29 is 5.11 Å². The van der Waals surface area contributed by atoms with Crippen LogP contribution >= 0.6 is 28.1 Å². The van der Waals surface area contributed by atoms with Crippen LogP contribution in [-0.2, 0) is 0 Å². The molecule has 2 aromatic rings. The molecule has 0 spiro atoms. The van der Waals surface area contributed by atoms with Crippen molar-refractivity contribution >= 4 is 50.8 Å². The zero-order valence-corrected chi connectivity index (χ0v) is 13.7. The van der Waals surface area contributed by atoms with Crippen molar-refractivity contribution in [2.24, 2.45) is 10.7 Å². The Morgan fingerprint density at radius 1 is 1.33 bits per heavy atom. The number of phenolic OH excluding ortho intramolecular Hbond substituents is 1. The molecule has 0 aliphatic heterocycles. The monoisotopic (exact) mass is 363 g/mol. The van der Waals surface area contributed by atoms with E-state index < -0.39 is 0 Å². The Bertz CT molecular complexity index is 699. The third-order valence-electron chi connectivity index (χ3n) is 2.78. The summed E-state index contributed by atoms with van der Waals surface area (Å²) in [4.78, 5) is 4.34. The van der Waals surface area contributed by atoms with E-state index in [2.05, 4.69) is 26.2 Å². The highest BCUT2D eigenvalue weighted by molar-refractivity contribution is 9.10. The van der Waals surface area contributed by atoms with Crippen molar-refractivity contribution in [1.29, 1.82) is 0 Å². The van der Waals surface area contributed by atoms with Gasteiger partial charge in [-0.15, -0.1) is 0 Å². The van der Waals surface area contributed by atoms with Gasteiger partial charge >= 0.3 is 0 Å². The minimum atomic E-state index is 0.223. The second-order valence-corrected chi connectivity index (χ2v) is 5.81. The van der Waals surface area contributed by atoms with Crippen LogP contribution in [0.2, 0.25) is 0 Å². The number of hydrogen-bond acceptors (Lipinski definition) is 3. The molecule has 0 radical (unpaired) electrons. The second kappa shape index (κ2) is 6.69. The Balaban J connectivity index is 2.20. The van der Waals surface area contributed by atoms with Crippen LogP contribution < -0.4 is 11.1 Å². The number of rotatable bonds is 3. The zero-order chi connectivity index (χ0) is 15.4. The minimum Gasteiger partial charge on any atom is -0.507 e. The molecular formula is C15H14BrN3OS. The average Bonchev–Trinajstić information content (AvgIpc) is 2.42. The fourth-order valence-corrected chi connectivity index (χ4v) is 2.48. The fraction of sp³-hybridized carbons (Fsp3) is 0.0667. The van der Waals surface area contributed by atoms with E-state index in [0.29, 0.717) is 5.56 Å². The van der Waals surface area contributed by atoms with Gasteiger partial charge in [0.1, 0.15) is 5.75 Å². The molecule has 21 heavy (non-hydrogen) atoms. The number of aromatic hydroxyl groups is 1. The first-order chi connectivity index (χ1) is 9.95. The van der Waals surface area contributed by atoms with E-state index in [-0.39, 0.29) is 10.9 Å². The minimum absolute atomic E-state index is 0.223. The lowest BCUT2D eigenvalue weighted by molar-refractivity contribution is 0.470. The Morgan fingerprint density at radius 2 is 2.00 bits per heavy atom. The summed E-state index contributed by atoms with van der Waals surface area (Å²) in [5.41, 5.74) is 8.43. The molecule has 6 heteroatoms. The Labute approximate surface area is 136 Å². The molecule has 0 bridgehead atoms. The predicted octanol–water partition coefficient (Wildman–Crippen LogP) is 3.87. The number of phenols is 1. The molecule has 0 fully saturated rings. The topological polar surface area (TPSA) is 70.6 Å². The van der Waals surface area contributed by atoms with Crippen LogP contribution in [0.5, 0.6) is 5.75 Å². The number of nitrogens with two attached hydrogens (primary N) is 1. The zero-order valence-electron chi connectivity index (χ0n) is 11.3. The van der Waals surface area contributed by atoms with Crippen molar-refractivity contribution in [3.8, 4) is 5.75 Å². The fourth-order valence-electron chi connectivity index (χ4n) is 1.78. The number of aliphatic imine (C=N–C) groups is 1. The maximum Gasteiger partial charge on any atom is 0.168 e. The van der Waals surface area contributed by atoms with E-state index in [1.807, 2.05) is 43.3 Å². The molecule has 4 N–H and O–H groups in total. The predicted molar refractivity (Wildman–Crippen MR) is 94.6 cm³/mol. The lowest BCUT2D eigenvalue weighted by Gasteiger charge is -2.05. The van der Waals surface area contributed by atoms with Crippen LogP contribution in [0, 0.1) is 6.92 Å². The Hall–Kier alpha value is -1.92. The molecule has 0 aliphatic rings. The molecule has 0 unspecified atom stereocenters. The third-order valence-corrected chi connectivity index (χ3v) is 3.34. The Kier molecular flexibility index (Phi) is 4.93. The smallest absolute Gasteiger partial charge is 0.168 e. The number of hydrogen-bond donors (Lipinski definition) is 3. The highest BCUT2D eigenvalue weighted by atomic mass is 79.9. The largest absolute Gasteiger partial charge is 0.507 e. The van der Waals surface area contributed by atoms with Crippen LogP contribution in [0.3, 0.4) is 0 Å². The molecule has 4 nitrogen and oxygen atoms in total. The van der Waals surface area contributed by atoms with Crippen molar-refractivity contribution in [1.82, 2.24) is 0 Å². The summed E-state index contributed by atoms with van der Waals surface area (Å²) in [6.07, 6.45) is 1.63. The summed E-state index contributed by atoms with van der Waals surface area (Å²) in [7, 11) is 0. The molecule has 0 amide bonds. The lowest BCUT2D eigenvalue weighted by Crippen LogP contribution is -2.18. The number of benzene rings is 2. The van der Waals surface area contributed by atoms with Crippen LogP contribution in [0.1, 0.15) is 11.1 Å². The van der Waals surface area contributed by atoms with Crippen molar-refractivity contribution in [3.63, 3.8) is 0 Å². The van der Waals surface area contributed by atoms with E-state index in [4.69, 9.17) is 18.0 Å². The van der Waals surface area contributed by atoms with Crippen LogP contribution in [0.4, 0.5) is 11.4 Å². The van der Waals surface area contributed by atoms with E-state index in [1.54, 1.807) is 6.21 Å². The number of anilines is 1. The summed E-state index contributed by atoms with van der Waals surface area (Å²) >= 11 is 8.17. The van der Waals surface area contributed by atoms with E-state index in [1.165, 1.54) is 0 Å². The van der Waals surface area contributed by atoms with Gasteiger partial charge in [0.05, 0.1) is 5.69 Å². The van der Waals surface area contributed by atoms with E-state index >= 15 is 0 Å². The molecule has 108 valence electrons. The van der Waals surface area contributed by atoms with Crippen molar-refractivity contribution in [3.05, 3.63) is 52.0 Å². The molecule has 0 heterocycles. The van der Waals surface area contributed by atoms with Gasteiger partial charge < -0.3 is 16.2 Å². The molecule has 0 atom stereocenters. The normalized spacial score (nSPS) is 10.8. The van der Waals surface area contributed by atoms with Crippen molar-refractivity contribution in [2.75, 3.05) is 5.32 Å². The van der Waals surface area contributed by atoms with Crippen LogP contribution in [-0.4, -0.2) is 16.4 Å². The molecule has 0 aliphatic carbocycles. The first-order valence-electron chi connectivity index (χ1n) is 6.15. The first-order valence-corrected chi connectivity index (χ1v) is 7.35. The quantitative estimate of drug-likeness (QED) is 0.571. The molecule has 0 aromatic heterocycles. The maximum absolute atomic E-state index is 9.99. The summed E-state index contributed by atoms with van der Waals surface area (Å²) < 4.78 is 0.898. The molecule has 0 saturated carbocycles. The number of thiocarbonyl (C=S) groups is 1. The molecule has 2 aromatic carbocycles. The van der Waals surface area contributed by atoms with Gasteiger partial charge in [0, 0.05) is 21.9 Å². The molecular weight excluding hydrogens is 350 g/mol. The first kappa shape index (κ1) is 15.5. The molecule has 0 saturated heterocycles. The highest BCUT2D eigenvalue weighted by Gasteiger charge is 2.04. The number of aryl methyl sites for hydroxylation is 1. The number of nitrogens with zero attached hydrogens (tertiary/aromatic N) is 1. The standard InChI is InChI=1S/C15H14BrN3OS/c1-9-6-11(16)7-10(14(9)20)8-18-12-2-4-13(5-3-12)19-15(17)21/h2-8,20H,1H3,(H3,17,19,21). The van der Waals surface area contributed by atoms with Gasteiger partial charge in [0.15, 0.2) is 5.11 Å². The number of halogens is 1. The van der Waals surface area contributed by atoms with Crippen LogP contribution in [0.15, 0.2) is 45.9 Å². The summed E-state index contributed by atoms with van der Waals surface area (Å²) in [6, 6.07) is 11.0. The summed E-state index contributed by atoms with van der Waals surface area (Å²) in [5.74, 6) is 0.230. The second-order valence-electron chi connectivity index (χ2n) is 4.45. The average molecular weight is 364 g/mol. The lowest BCUT2D eigenvalue weighted by atomic mass is 10.1. The van der Waals surface area contributed by atoms with Crippen LogP contribution in [0.25, 0.3) is 0 Å². The van der Waals surface area contributed by atoms with E-state index in [9.17, 15) is 5.11 Å². The summed E-state index contributed by atoms with van der Waals surface area (Å²) in [6.45, 7) is 1.84. The van der Waals surface area contributed by atoms with Gasteiger partial charge in [-0.05, 0) is 61.1 Å².